The minimum absolute atomic E-state index is 0.136. The molecular weight excluding hydrogens is 550 g/mol. The average Bonchev–Trinajstić information content (AvgIpc) is 3.57. The molecule has 1 atom stereocenters. The summed E-state index contributed by atoms with van der Waals surface area (Å²) >= 11 is 0. The van der Waals surface area contributed by atoms with E-state index in [1.165, 1.54) is 16.7 Å². The highest BCUT2D eigenvalue weighted by molar-refractivity contribution is 7.92. The van der Waals surface area contributed by atoms with E-state index in [4.69, 9.17) is 14.7 Å². The summed E-state index contributed by atoms with van der Waals surface area (Å²) in [6.07, 6.45) is 4.21. The molecule has 4 heterocycles. The molecule has 1 saturated heterocycles. The first-order chi connectivity index (χ1) is 20.2. The number of H-pyrrole nitrogens is 1. The van der Waals surface area contributed by atoms with Crippen molar-refractivity contribution >= 4 is 44.0 Å². The van der Waals surface area contributed by atoms with E-state index in [2.05, 4.69) is 46.1 Å². The number of hydrogen-bond donors (Lipinski definition) is 4. The normalized spacial score (nSPS) is 17.4. The Hall–Kier alpha value is -3.70. The van der Waals surface area contributed by atoms with E-state index in [-0.39, 0.29) is 11.0 Å². The van der Waals surface area contributed by atoms with Crippen LogP contribution in [0.3, 0.4) is 0 Å². The van der Waals surface area contributed by atoms with Gasteiger partial charge in [-0.05, 0) is 95.3 Å². The predicted octanol–water partition coefficient (Wildman–Crippen LogP) is 5.82. The molecule has 11 heteroatoms. The van der Waals surface area contributed by atoms with E-state index in [1.807, 2.05) is 6.92 Å². The van der Waals surface area contributed by atoms with Gasteiger partial charge in [-0.25, -0.2) is 8.42 Å². The lowest BCUT2D eigenvalue weighted by Gasteiger charge is -2.27. The van der Waals surface area contributed by atoms with E-state index in [0.29, 0.717) is 34.4 Å². The van der Waals surface area contributed by atoms with Crippen LogP contribution in [0.5, 0.6) is 5.75 Å². The summed E-state index contributed by atoms with van der Waals surface area (Å²) in [5, 5.41) is 17.7. The third kappa shape index (κ3) is 5.09. The van der Waals surface area contributed by atoms with Crippen LogP contribution >= 0.6 is 0 Å². The quantitative estimate of drug-likeness (QED) is 0.201. The minimum atomic E-state index is -3.53. The minimum Gasteiger partial charge on any atom is -0.488 e. The second-order valence-corrected chi connectivity index (χ2v) is 14.1. The molecule has 42 heavy (non-hydrogen) atoms. The molecule has 0 bridgehead atoms. The third-order valence-corrected chi connectivity index (χ3v) is 10.7. The Morgan fingerprint density at radius 3 is 2.57 bits per heavy atom. The zero-order valence-corrected chi connectivity index (χ0v) is 25.7. The lowest BCUT2D eigenvalue weighted by atomic mass is 9.82. The Morgan fingerprint density at radius 1 is 1.07 bits per heavy atom. The maximum atomic E-state index is 13.1. The van der Waals surface area contributed by atoms with E-state index in [0.717, 1.165) is 55.9 Å². The monoisotopic (exact) mass is 589 g/mol. The van der Waals surface area contributed by atoms with E-state index < -0.39 is 15.1 Å². The Bertz CT molecular complexity index is 1740. The summed E-state index contributed by atoms with van der Waals surface area (Å²) in [6, 6.07) is 9.05. The SMILES string of the molecule is CCC1Cc2c(c(Nc3nc(Nc4ccccc4S(=O)(=O)C(C)C)c4c(C)[nH]nc4n3)cc(C)c2C2CCNCC2)O1. The molecule has 2 aromatic heterocycles. The van der Waals surface area contributed by atoms with E-state index in [9.17, 15) is 8.42 Å². The number of aromatic nitrogens is 4. The van der Waals surface area contributed by atoms with Crippen molar-refractivity contribution < 1.29 is 13.2 Å². The second-order valence-electron chi connectivity index (χ2n) is 11.6. The molecular formula is C31H39N7O3S. The van der Waals surface area contributed by atoms with Crippen LogP contribution in [-0.2, 0) is 16.3 Å². The molecule has 1 fully saturated rings. The van der Waals surface area contributed by atoms with Crippen molar-refractivity contribution in [3.63, 3.8) is 0 Å². The molecule has 4 aromatic rings. The fourth-order valence-corrected chi connectivity index (χ4v) is 7.39. The molecule has 1 unspecified atom stereocenters. The van der Waals surface area contributed by atoms with Crippen molar-refractivity contribution in [1.82, 2.24) is 25.5 Å². The maximum Gasteiger partial charge on any atom is 0.231 e. The van der Waals surface area contributed by atoms with Crippen LogP contribution in [0.2, 0.25) is 0 Å². The number of ether oxygens (including phenoxy) is 1. The van der Waals surface area contributed by atoms with Crippen LogP contribution in [0.25, 0.3) is 11.0 Å². The van der Waals surface area contributed by atoms with Gasteiger partial charge in [-0.15, -0.1) is 0 Å². The Morgan fingerprint density at radius 2 is 1.83 bits per heavy atom. The molecule has 6 rings (SSSR count). The van der Waals surface area contributed by atoms with Crippen LogP contribution in [0.15, 0.2) is 35.2 Å². The largest absolute Gasteiger partial charge is 0.488 e. The number of rotatable bonds is 8. The molecule has 0 amide bonds. The fourth-order valence-electron chi connectivity index (χ4n) is 6.19. The topological polar surface area (TPSA) is 134 Å². The van der Waals surface area contributed by atoms with Gasteiger partial charge in [-0.2, -0.15) is 15.1 Å². The number of anilines is 4. The first-order valence-electron chi connectivity index (χ1n) is 14.8. The van der Waals surface area contributed by atoms with Gasteiger partial charge < -0.3 is 20.7 Å². The first-order valence-corrected chi connectivity index (χ1v) is 16.3. The van der Waals surface area contributed by atoms with E-state index in [1.54, 1.807) is 38.1 Å². The van der Waals surface area contributed by atoms with Crippen LogP contribution in [0.4, 0.5) is 23.1 Å². The number of aromatic amines is 1. The molecule has 10 nitrogen and oxygen atoms in total. The summed E-state index contributed by atoms with van der Waals surface area (Å²) in [5.41, 5.74) is 6.50. The van der Waals surface area contributed by atoms with Crippen LogP contribution in [-0.4, -0.2) is 53.0 Å². The van der Waals surface area contributed by atoms with Gasteiger partial charge in [0.15, 0.2) is 15.5 Å². The molecule has 222 valence electrons. The standard InChI is InChI=1S/C31H39N7O3S/c1-6-21-16-22-26(20-11-13-32-14-12-20)18(4)15-24(28(22)41-21)34-31-35-29(27-19(5)37-38-30(27)36-31)33-23-9-7-8-10-25(23)42(39,40)17(2)3/h7-10,15,17,20-21,32H,6,11-14,16H2,1-5H3,(H3,33,34,35,36,37,38). The van der Waals surface area contributed by atoms with Gasteiger partial charge in [0.25, 0.3) is 0 Å². The van der Waals surface area contributed by atoms with Crippen molar-refractivity contribution in [3.05, 3.63) is 52.7 Å². The predicted molar refractivity (Wildman–Crippen MR) is 166 cm³/mol. The summed E-state index contributed by atoms with van der Waals surface area (Å²) in [4.78, 5) is 9.79. The van der Waals surface area contributed by atoms with Gasteiger partial charge in [-0.1, -0.05) is 19.1 Å². The van der Waals surface area contributed by atoms with Gasteiger partial charge in [0, 0.05) is 17.7 Å². The zero-order chi connectivity index (χ0) is 29.6. The highest BCUT2D eigenvalue weighted by Gasteiger charge is 2.32. The summed E-state index contributed by atoms with van der Waals surface area (Å²) in [7, 11) is -3.53. The van der Waals surface area contributed by atoms with E-state index >= 15 is 0 Å². The van der Waals surface area contributed by atoms with Crippen molar-refractivity contribution in [2.24, 2.45) is 0 Å². The average molecular weight is 590 g/mol. The maximum absolute atomic E-state index is 13.1. The molecule has 0 saturated carbocycles. The lowest BCUT2D eigenvalue weighted by molar-refractivity contribution is 0.229. The molecule has 2 aliphatic heterocycles. The third-order valence-electron chi connectivity index (χ3n) is 8.46. The molecule has 4 N–H and O–H groups in total. The van der Waals surface area contributed by atoms with Gasteiger partial charge in [0.2, 0.25) is 5.95 Å². The smallest absolute Gasteiger partial charge is 0.231 e. The second kappa shape index (κ2) is 11.2. The number of nitrogens with one attached hydrogen (secondary N) is 4. The first kappa shape index (κ1) is 28.4. The number of para-hydroxylation sites is 1. The Kier molecular flexibility index (Phi) is 7.57. The number of fused-ring (bicyclic) bond motifs is 2. The van der Waals surface area contributed by atoms with Crippen LogP contribution in [0, 0.1) is 13.8 Å². The van der Waals surface area contributed by atoms with Gasteiger partial charge in [0.1, 0.15) is 17.7 Å². The number of nitrogens with zero attached hydrogens (tertiary/aromatic N) is 3. The van der Waals surface area contributed by atoms with Gasteiger partial charge in [-0.3, -0.25) is 5.10 Å². The number of sulfone groups is 1. The molecule has 0 spiro atoms. The summed E-state index contributed by atoms with van der Waals surface area (Å²) in [6.45, 7) is 11.7. The number of benzene rings is 2. The number of piperidine rings is 1. The Labute approximate surface area is 247 Å². The van der Waals surface area contributed by atoms with Crippen molar-refractivity contribution in [2.75, 3.05) is 23.7 Å². The highest BCUT2D eigenvalue weighted by atomic mass is 32.2. The fraction of sp³-hybridized carbons (Fsp3) is 0.452. The number of hydrogen-bond acceptors (Lipinski definition) is 9. The van der Waals surface area contributed by atoms with Crippen LogP contribution < -0.4 is 20.7 Å². The molecule has 0 radical (unpaired) electrons. The zero-order valence-electron chi connectivity index (χ0n) is 24.8. The summed E-state index contributed by atoms with van der Waals surface area (Å²) in [5.74, 6) is 2.21. The molecule has 2 aromatic carbocycles. The molecule has 0 aliphatic carbocycles. The highest BCUT2D eigenvalue weighted by Crippen LogP contribution is 2.46. The summed E-state index contributed by atoms with van der Waals surface area (Å²) < 4.78 is 32.8. The van der Waals surface area contributed by atoms with Crippen molar-refractivity contribution in [3.8, 4) is 5.75 Å². The molecule has 2 aliphatic rings. The lowest BCUT2D eigenvalue weighted by Crippen LogP contribution is -2.27. The number of aryl methyl sites for hydroxylation is 2. The van der Waals surface area contributed by atoms with Gasteiger partial charge in [0.05, 0.1) is 26.9 Å². The van der Waals surface area contributed by atoms with Crippen LogP contribution in [0.1, 0.15) is 68.3 Å². The van der Waals surface area contributed by atoms with Crippen molar-refractivity contribution in [1.29, 1.82) is 0 Å². The van der Waals surface area contributed by atoms with Crippen molar-refractivity contribution in [2.45, 2.75) is 82.5 Å². The van der Waals surface area contributed by atoms with Gasteiger partial charge >= 0.3 is 0 Å². The Balaban J connectivity index is 1.42.